The molecule has 0 bridgehead atoms. The highest BCUT2D eigenvalue weighted by atomic mass is 16.5. The van der Waals surface area contributed by atoms with Crippen LogP contribution in [-0.4, -0.2) is 23.5 Å². The van der Waals surface area contributed by atoms with E-state index in [0.29, 0.717) is 30.6 Å². The molecular weight excluding hydrogens is 400 g/mol. The van der Waals surface area contributed by atoms with Crippen molar-refractivity contribution in [1.82, 2.24) is 10.3 Å². The standard InChI is InChI=1S/C26H30N4O2/c1-4-19(3)21-6-10-23(11-7-21)29-26(28-18-20-14-16-27-17-15-20)30-25(31)22-8-12-24(13-9-22)32-5-2/h6-17,19H,4-5,18H2,1-3H3,(H2,28,29,30,31). The fourth-order valence-electron chi connectivity index (χ4n) is 3.09. The quantitative estimate of drug-likeness (QED) is 0.371. The number of nitrogens with one attached hydrogen (secondary N) is 2. The summed E-state index contributed by atoms with van der Waals surface area (Å²) in [5, 5.41) is 6.14. The molecule has 0 saturated carbocycles. The van der Waals surface area contributed by atoms with Crippen LogP contribution in [0.4, 0.5) is 5.69 Å². The third-order valence-corrected chi connectivity index (χ3v) is 5.18. The zero-order valence-corrected chi connectivity index (χ0v) is 18.8. The Bertz CT molecular complexity index is 1020. The van der Waals surface area contributed by atoms with Crippen molar-refractivity contribution < 1.29 is 9.53 Å². The molecule has 1 unspecified atom stereocenters. The topological polar surface area (TPSA) is 75.6 Å². The molecule has 1 aromatic heterocycles. The minimum atomic E-state index is -0.245. The number of amides is 1. The molecule has 1 atom stereocenters. The number of carbonyl (C=O) groups is 1. The molecule has 1 heterocycles. The summed E-state index contributed by atoms with van der Waals surface area (Å²) < 4.78 is 5.45. The lowest BCUT2D eigenvalue weighted by Crippen LogP contribution is -2.36. The Morgan fingerprint density at radius 2 is 1.69 bits per heavy atom. The first kappa shape index (κ1) is 23.0. The minimum Gasteiger partial charge on any atom is -0.494 e. The number of aliphatic imine (C=N–C) groups is 1. The number of aromatic nitrogens is 1. The summed E-state index contributed by atoms with van der Waals surface area (Å²) in [6, 6.07) is 19.1. The molecule has 166 valence electrons. The molecule has 0 aliphatic heterocycles. The molecule has 2 aromatic carbocycles. The van der Waals surface area contributed by atoms with E-state index in [9.17, 15) is 4.79 Å². The van der Waals surface area contributed by atoms with Gasteiger partial charge in [-0.2, -0.15) is 0 Å². The average Bonchev–Trinajstić information content (AvgIpc) is 2.84. The number of anilines is 1. The van der Waals surface area contributed by atoms with Crippen LogP contribution in [0.15, 0.2) is 78.0 Å². The molecule has 0 aliphatic carbocycles. The molecule has 0 saturated heterocycles. The number of guanidine groups is 1. The molecule has 0 fully saturated rings. The van der Waals surface area contributed by atoms with E-state index in [-0.39, 0.29) is 5.91 Å². The van der Waals surface area contributed by atoms with Crippen molar-refractivity contribution in [2.75, 3.05) is 11.9 Å². The second-order valence-electron chi connectivity index (χ2n) is 7.49. The molecule has 1 amide bonds. The maximum absolute atomic E-state index is 12.8. The fourth-order valence-corrected chi connectivity index (χ4v) is 3.09. The fraction of sp³-hybridized carbons (Fsp3) is 0.269. The number of nitrogens with zero attached hydrogens (tertiary/aromatic N) is 2. The van der Waals surface area contributed by atoms with Gasteiger partial charge < -0.3 is 10.1 Å². The number of rotatable bonds is 8. The van der Waals surface area contributed by atoms with Crippen LogP contribution in [0.25, 0.3) is 0 Å². The van der Waals surface area contributed by atoms with E-state index in [4.69, 9.17) is 4.74 Å². The van der Waals surface area contributed by atoms with Gasteiger partial charge in [-0.1, -0.05) is 26.0 Å². The maximum Gasteiger partial charge on any atom is 0.257 e. The number of hydrogen-bond donors (Lipinski definition) is 2. The van der Waals surface area contributed by atoms with Crippen molar-refractivity contribution in [3.05, 3.63) is 89.7 Å². The van der Waals surface area contributed by atoms with Gasteiger partial charge in [0, 0.05) is 23.6 Å². The SMILES string of the molecule is CCOc1ccc(C(=O)NC(=NCc2ccncc2)Nc2ccc(C(C)CC)cc2)cc1. The van der Waals surface area contributed by atoms with Crippen molar-refractivity contribution in [2.24, 2.45) is 4.99 Å². The molecular formula is C26H30N4O2. The second kappa shape index (κ2) is 11.6. The van der Waals surface area contributed by atoms with Crippen LogP contribution in [0.3, 0.4) is 0 Å². The zero-order valence-electron chi connectivity index (χ0n) is 18.8. The summed E-state index contributed by atoms with van der Waals surface area (Å²) in [5.41, 5.74) is 3.67. The van der Waals surface area contributed by atoms with E-state index >= 15 is 0 Å². The molecule has 0 aliphatic rings. The molecule has 2 N–H and O–H groups in total. The molecule has 3 aromatic rings. The maximum atomic E-state index is 12.8. The smallest absolute Gasteiger partial charge is 0.257 e. The van der Waals surface area contributed by atoms with Gasteiger partial charge in [0.15, 0.2) is 0 Å². The van der Waals surface area contributed by atoms with Gasteiger partial charge in [-0.3, -0.25) is 15.1 Å². The monoisotopic (exact) mass is 430 g/mol. The highest BCUT2D eigenvalue weighted by molar-refractivity contribution is 6.10. The van der Waals surface area contributed by atoms with Crippen LogP contribution in [0.1, 0.15) is 54.6 Å². The van der Waals surface area contributed by atoms with Gasteiger partial charge in [-0.15, -0.1) is 0 Å². The Balaban J connectivity index is 1.76. The normalized spacial score (nSPS) is 12.2. The molecule has 0 radical (unpaired) electrons. The Labute approximate surface area is 189 Å². The van der Waals surface area contributed by atoms with Gasteiger partial charge in [-0.25, -0.2) is 4.99 Å². The molecule has 3 rings (SSSR count). The van der Waals surface area contributed by atoms with Gasteiger partial charge in [0.2, 0.25) is 5.96 Å². The van der Waals surface area contributed by atoms with Crippen LogP contribution < -0.4 is 15.4 Å². The van der Waals surface area contributed by atoms with Crippen molar-refractivity contribution >= 4 is 17.6 Å². The summed E-state index contributed by atoms with van der Waals surface area (Å²) >= 11 is 0. The van der Waals surface area contributed by atoms with Crippen molar-refractivity contribution in [3.63, 3.8) is 0 Å². The van der Waals surface area contributed by atoms with Gasteiger partial charge in [0.1, 0.15) is 5.75 Å². The number of hydrogen-bond acceptors (Lipinski definition) is 4. The van der Waals surface area contributed by atoms with Gasteiger partial charge in [0.25, 0.3) is 5.91 Å². The van der Waals surface area contributed by atoms with E-state index in [1.807, 2.05) is 31.2 Å². The van der Waals surface area contributed by atoms with Crippen LogP contribution in [-0.2, 0) is 6.54 Å². The number of ether oxygens (including phenoxy) is 1. The largest absolute Gasteiger partial charge is 0.494 e. The second-order valence-corrected chi connectivity index (χ2v) is 7.49. The number of benzene rings is 2. The Hall–Kier alpha value is -3.67. The highest BCUT2D eigenvalue weighted by Gasteiger charge is 2.10. The first-order valence-electron chi connectivity index (χ1n) is 10.9. The van der Waals surface area contributed by atoms with E-state index in [1.165, 1.54) is 5.56 Å². The summed E-state index contributed by atoms with van der Waals surface area (Å²) in [4.78, 5) is 21.5. The predicted molar refractivity (Wildman–Crippen MR) is 129 cm³/mol. The van der Waals surface area contributed by atoms with Crippen LogP contribution in [0.5, 0.6) is 5.75 Å². The number of pyridine rings is 1. The van der Waals surface area contributed by atoms with E-state index < -0.39 is 0 Å². The predicted octanol–water partition coefficient (Wildman–Crippen LogP) is 5.39. The first-order chi connectivity index (χ1) is 15.6. The Kier molecular flexibility index (Phi) is 8.37. The highest BCUT2D eigenvalue weighted by Crippen LogP contribution is 2.20. The molecule has 6 nitrogen and oxygen atoms in total. The third-order valence-electron chi connectivity index (χ3n) is 5.18. The summed E-state index contributed by atoms with van der Waals surface area (Å²) in [7, 11) is 0. The van der Waals surface area contributed by atoms with Crippen LogP contribution in [0, 0.1) is 0 Å². The van der Waals surface area contributed by atoms with Crippen LogP contribution in [0.2, 0.25) is 0 Å². The van der Waals surface area contributed by atoms with E-state index in [0.717, 1.165) is 23.4 Å². The van der Waals surface area contributed by atoms with E-state index in [1.54, 1.807) is 36.7 Å². The van der Waals surface area contributed by atoms with Gasteiger partial charge >= 0.3 is 0 Å². The Morgan fingerprint density at radius 3 is 2.31 bits per heavy atom. The van der Waals surface area contributed by atoms with Gasteiger partial charge in [-0.05, 0) is 78.9 Å². The lowest BCUT2D eigenvalue weighted by Gasteiger charge is -2.14. The average molecular weight is 431 g/mol. The van der Waals surface area contributed by atoms with Crippen molar-refractivity contribution in [3.8, 4) is 5.75 Å². The zero-order chi connectivity index (χ0) is 22.8. The third kappa shape index (κ3) is 6.67. The lowest BCUT2D eigenvalue weighted by atomic mass is 9.99. The molecule has 6 heteroatoms. The Morgan fingerprint density at radius 1 is 1.00 bits per heavy atom. The summed E-state index contributed by atoms with van der Waals surface area (Å²) in [6.45, 7) is 7.31. The van der Waals surface area contributed by atoms with Crippen molar-refractivity contribution in [2.45, 2.75) is 39.7 Å². The minimum absolute atomic E-state index is 0.245. The summed E-state index contributed by atoms with van der Waals surface area (Å²) in [5.74, 6) is 1.38. The van der Waals surface area contributed by atoms with Crippen molar-refractivity contribution in [1.29, 1.82) is 0 Å². The molecule has 0 spiro atoms. The van der Waals surface area contributed by atoms with E-state index in [2.05, 4.69) is 46.6 Å². The lowest BCUT2D eigenvalue weighted by molar-refractivity contribution is 0.0977. The molecule has 32 heavy (non-hydrogen) atoms. The first-order valence-corrected chi connectivity index (χ1v) is 10.9. The summed E-state index contributed by atoms with van der Waals surface area (Å²) in [6.07, 6.45) is 4.54. The van der Waals surface area contributed by atoms with Crippen LogP contribution >= 0.6 is 0 Å². The van der Waals surface area contributed by atoms with Gasteiger partial charge in [0.05, 0.1) is 13.2 Å². The number of carbonyl (C=O) groups excluding carboxylic acids is 1.